The number of fused-ring (bicyclic) bond motifs is 1. The highest BCUT2D eigenvalue weighted by Crippen LogP contribution is 2.20. The molecule has 0 atom stereocenters. The summed E-state index contributed by atoms with van der Waals surface area (Å²) in [5.41, 5.74) is 2.02. The molecule has 2 aromatic rings. The van der Waals surface area contributed by atoms with Gasteiger partial charge in [0, 0.05) is 19.5 Å². The van der Waals surface area contributed by atoms with E-state index < -0.39 is 0 Å². The van der Waals surface area contributed by atoms with Crippen molar-refractivity contribution in [3.05, 3.63) is 24.3 Å². The molecule has 1 N–H and O–H groups in total. The summed E-state index contributed by atoms with van der Waals surface area (Å²) >= 11 is 0. The number of nitrogens with zero attached hydrogens (tertiary/aromatic N) is 3. The van der Waals surface area contributed by atoms with E-state index in [1.807, 2.05) is 25.1 Å². The molecule has 112 valence electrons. The minimum Gasteiger partial charge on any atom is -0.309 e. The van der Waals surface area contributed by atoms with Gasteiger partial charge in [0.2, 0.25) is 11.9 Å². The highest BCUT2D eigenvalue weighted by Gasteiger charge is 2.15. The number of benzene rings is 1. The van der Waals surface area contributed by atoms with Gasteiger partial charge in [-0.15, -0.1) is 0 Å². The number of para-hydroxylation sites is 2. The Morgan fingerprint density at radius 3 is 2.76 bits per heavy atom. The van der Waals surface area contributed by atoms with Crippen molar-refractivity contribution < 1.29 is 4.79 Å². The van der Waals surface area contributed by atoms with Crippen LogP contribution >= 0.6 is 0 Å². The molecule has 0 spiro atoms. The number of amides is 1. The highest BCUT2D eigenvalue weighted by atomic mass is 16.1. The molecule has 1 fully saturated rings. The first-order valence-electron chi connectivity index (χ1n) is 7.75. The van der Waals surface area contributed by atoms with Gasteiger partial charge < -0.3 is 9.47 Å². The van der Waals surface area contributed by atoms with Crippen LogP contribution in [0.15, 0.2) is 24.3 Å². The molecular weight excluding hydrogens is 264 g/mol. The van der Waals surface area contributed by atoms with Crippen LogP contribution < -0.4 is 5.32 Å². The van der Waals surface area contributed by atoms with E-state index in [9.17, 15) is 4.79 Å². The molecule has 1 saturated heterocycles. The molecule has 1 amide bonds. The maximum atomic E-state index is 11.7. The lowest BCUT2D eigenvalue weighted by Crippen LogP contribution is -2.25. The molecule has 1 aromatic heterocycles. The molecule has 0 saturated carbocycles. The fourth-order valence-corrected chi connectivity index (χ4v) is 2.86. The summed E-state index contributed by atoms with van der Waals surface area (Å²) in [6, 6.07) is 8.05. The first-order valence-corrected chi connectivity index (χ1v) is 7.75. The summed E-state index contributed by atoms with van der Waals surface area (Å²) in [4.78, 5) is 18.7. The van der Waals surface area contributed by atoms with Crippen molar-refractivity contribution in [2.24, 2.45) is 0 Å². The number of rotatable bonds is 5. The van der Waals surface area contributed by atoms with E-state index in [0.29, 0.717) is 12.4 Å². The van der Waals surface area contributed by atoms with Gasteiger partial charge in [0.15, 0.2) is 0 Å². The summed E-state index contributed by atoms with van der Waals surface area (Å²) in [6.45, 7) is 6.09. The zero-order valence-corrected chi connectivity index (χ0v) is 12.5. The van der Waals surface area contributed by atoms with Gasteiger partial charge in [-0.1, -0.05) is 19.1 Å². The molecule has 0 radical (unpaired) electrons. The van der Waals surface area contributed by atoms with Gasteiger partial charge in [-0.05, 0) is 38.1 Å². The molecule has 3 rings (SSSR count). The smallest absolute Gasteiger partial charge is 0.226 e. The van der Waals surface area contributed by atoms with E-state index >= 15 is 0 Å². The number of likely N-dealkylation sites (tertiary alicyclic amines) is 1. The number of hydrogen-bond acceptors (Lipinski definition) is 3. The predicted molar refractivity (Wildman–Crippen MR) is 84.3 cm³/mol. The van der Waals surface area contributed by atoms with E-state index in [4.69, 9.17) is 0 Å². The molecule has 21 heavy (non-hydrogen) atoms. The Balaban J connectivity index is 1.85. The van der Waals surface area contributed by atoms with Crippen LogP contribution in [0.2, 0.25) is 0 Å². The van der Waals surface area contributed by atoms with Crippen molar-refractivity contribution in [2.45, 2.75) is 32.7 Å². The van der Waals surface area contributed by atoms with Gasteiger partial charge in [-0.25, -0.2) is 4.98 Å². The lowest BCUT2D eigenvalue weighted by molar-refractivity contribution is -0.115. The van der Waals surface area contributed by atoms with Crippen LogP contribution in [0.3, 0.4) is 0 Å². The Hall–Kier alpha value is -1.88. The Morgan fingerprint density at radius 1 is 1.24 bits per heavy atom. The van der Waals surface area contributed by atoms with Crippen molar-refractivity contribution in [3.63, 3.8) is 0 Å². The second-order valence-corrected chi connectivity index (χ2v) is 5.53. The molecule has 5 heteroatoms. The average Bonchev–Trinajstić information content (AvgIpc) is 3.12. The number of aromatic nitrogens is 2. The Bertz CT molecular complexity index is 628. The maximum Gasteiger partial charge on any atom is 0.226 e. The second kappa shape index (κ2) is 6.26. The topological polar surface area (TPSA) is 50.2 Å². The molecule has 2 heterocycles. The van der Waals surface area contributed by atoms with Gasteiger partial charge in [-0.3, -0.25) is 10.1 Å². The molecule has 0 unspecified atom stereocenters. The molecule has 1 aromatic carbocycles. The van der Waals surface area contributed by atoms with Crippen LogP contribution in [-0.2, 0) is 11.3 Å². The van der Waals surface area contributed by atoms with Crippen molar-refractivity contribution in [2.75, 3.05) is 25.0 Å². The van der Waals surface area contributed by atoms with Crippen LogP contribution in [-0.4, -0.2) is 40.0 Å². The minimum absolute atomic E-state index is 0.00716. The normalized spacial score (nSPS) is 15.7. The van der Waals surface area contributed by atoms with E-state index in [-0.39, 0.29) is 5.91 Å². The molecule has 0 aliphatic carbocycles. The summed E-state index contributed by atoms with van der Waals surface area (Å²) in [7, 11) is 0. The molecule has 5 nitrogen and oxygen atoms in total. The standard InChI is InChI=1S/C16H22N4O/c1-2-15(21)18-16-17-13-7-3-4-8-14(13)20(16)12-11-19-9-5-6-10-19/h3-4,7-8H,2,5-6,9-12H2,1H3,(H,17,18,21). The number of carbonyl (C=O) groups is 1. The number of hydrogen-bond donors (Lipinski definition) is 1. The van der Waals surface area contributed by atoms with Gasteiger partial charge in [0.25, 0.3) is 0 Å². The summed E-state index contributed by atoms with van der Waals surface area (Å²) in [5, 5.41) is 2.92. The summed E-state index contributed by atoms with van der Waals surface area (Å²) in [6.07, 6.45) is 3.06. The third-order valence-electron chi connectivity index (χ3n) is 4.07. The van der Waals surface area contributed by atoms with E-state index in [1.54, 1.807) is 0 Å². The third-order valence-corrected chi connectivity index (χ3v) is 4.07. The Morgan fingerprint density at radius 2 is 2.00 bits per heavy atom. The number of imidazole rings is 1. The largest absolute Gasteiger partial charge is 0.309 e. The molecule has 1 aliphatic heterocycles. The maximum absolute atomic E-state index is 11.7. The fraction of sp³-hybridized carbons (Fsp3) is 0.500. The zero-order chi connectivity index (χ0) is 14.7. The van der Waals surface area contributed by atoms with Crippen LogP contribution in [0.5, 0.6) is 0 Å². The highest BCUT2D eigenvalue weighted by molar-refractivity contribution is 5.91. The van der Waals surface area contributed by atoms with E-state index in [0.717, 1.165) is 24.1 Å². The van der Waals surface area contributed by atoms with Crippen LogP contribution in [0.1, 0.15) is 26.2 Å². The Kier molecular flexibility index (Phi) is 4.20. The average molecular weight is 286 g/mol. The van der Waals surface area contributed by atoms with Crippen molar-refractivity contribution in [1.29, 1.82) is 0 Å². The van der Waals surface area contributed by atoms with Gasteiger partial charge in [0.05, 0.1) is 11.0 Å². The van der Waals surface area contributed by atoms with Crippen LogP contribution in [0.25, 0.3) is 11.0 Å². The summed E-state index contributed by atoms with van der Waals surface area (Å²) < 4.78 is 2.13. The van der Waals surface area contributed by atoms with Crippen molar-refractivity contribution >= 4 is 22.9 Å². The van der Waals surface area contributed by atoms with Crippen LogP contribution in [0, 0.1) is 0 Å². The van der Waals surface area contributed by atoms with Crippen molar-refractivity contribution in [3.8, 4) is 0 Å². The third kappa shape index (κ3) is 3.08. The zero-order valence-electron chi connectivity index (χ0n) is 12.5. The number of nitrogens with one attached hydrogen (secondary N) is 1. The molecule has 1 aliphatic rings. The molecular formula is C16H22N4O. The quantitative estimate of drug-likeness (QED) is 0.918. The lowest BCUT2D eigenvalue weighted by Gasteiger charge is -2.16. The monoisotopic (exact) mass is 286 g/mol. The van der Waals surface area contributed by atoms with Gasteiger partial charge >= 0.3 is 0 Å². The van der Waals surface area contributed by atoms with E-state index in [2.05, 4.69) is 25.8 Å². The van der Waals surface area contributed by atoms with Crippen LogP contribution in [0.4, 0.5) is 5.95 Å². The first kappa shape index (κ1) is 14.1. The van der Waals surface area contributed by atoms with Crippen molar-refractivity contribution in [1.82, 2.24) is 14.5 Å². The fourth-order valence-electron chi connectivity index (χ4n) is 2.86. The lowest BCUT2D eigenvalue weighted by atomic mass is 10.3. The number of anilines is 1. The first-order chi connectivity index (χ1) is 10.3. The predicted octanol–water partition coefficient (Wildman–Crippen LogP) is 2.48. The van der Waals surface area contributed by atoms with Gasteiger partial charge in [-0.2, -0.15) is 0 Å². The number of carbonyl (C=O) groups excluding carboxylic acids is 1. The minimum atomic E-state index is 0.00716. The second-order valence-electron chi connectivity index (χ2n) is 5.53. The summed E-state index contributed by atoms with van der Waals surface area (Å²) in [5.74, 6) is 0.676. The SMILES string of the molecule is CCC(=O)Nc1nc2ccccc2n1CCN1CCCC1. The van der Waals surface area contributed by atoms with Gasteiger partial charge in [0.1, 0.15) is 0 Å². The Labute approximate surface area is 125 Å². The molecule has 0 bridgehead atoms. The van der Waals surface area contributed by atoms with E-state index in [1.165, 1.54) is 25.9 Å².